The molecular formula is C17H17N3. The van der Waals surface area contributed by atoms with Gasteiger partial charge in [0.05, 0.1) is 6.20 Å². The number of benzene rings is 2. The smallest absolute Gasteiger partial charge is 0.126 e. The number of nitrogen functional groups attached to an aromatic ring is 1. The molecule has 0 bridgehead atoms. The third kappa shape index (κ3) is 2.57. The van der Waals surface area contributed by atoms with Crippen LogP contribution in [0.2, 0.25) is 0 Å². The van der Waals surface area contributed by atoms with E-state index in [1.54, 1.807) is 6.20 Å². The van der Waals surface area contributed by atoms with Crippen LogP contribution in [-0.2, 0) is 6.42 Å². The largest absolute Gasteiger partial charge is 0.384 e. The van der Waals surface area contributed by atoms with Gasteiger partial charge < -0.3 is 5.73 Å². The number of anilines is 1. The Bertz CT molecular complexity index is 711. The zero-order chi connectivity index (χ0) is 13.9. The van der Waals surface area contributed by atoms with Crippen molar-refractivity contribution in [2.75, 3.05) is 5.73 Å². The maximum Gasteiger partial charge on any atom is 0.126 e. The molecule has 0 unspecified atom stereocenters. The van der Waals surface area contributed by atoms with E-state index in [9.17, 15) is 0 Å². The summed E-state index contributed by atoms with van der Waals surface area (Å²) in [6, 6.07) is 17.1. The summed E-state index contributed by atoms with van der Waals surface area (Å²) in [5, 5.41) is 6.70. The molecule has 100 valence electrons. The highest BCUT2D eigenvalue weighted by molar-refractivity contribution is 5.73. The second-order valence-corrected chi connectivity index (χ2v) is 5.06. The Morgan fingerprint density at radius 2 is 1.85 bits per heavy atom. The molecule has 3 N–H and O–H groups in total. The van der Waals surface area contributed by atoms with Crippen LogP contribution in [0.4, 0.5) is 5.82 Å². The molecule has 1 aromatic heterocycles. The van der Waals surface area contributed by atoms with Gasteiger partial charge in [-0.1, -0.05) is 54.1 Å². The summed E-state index contributed by atoms with van der Waals surface area (Å²) in [5.41, 5.74) is 11.8. The van der Waals surface area contributed by atoms with Crippen LogP contribution in [0.5, 0.6) is 0 Å². The zero-order valence-electron chi connectivity index (χ0n) is 11.4. The van der Waals surface area contributed by atoms with E-state index in [2.05, 4.69) is 65.7 Å². The highest BCUT2D eigenvalue weighted by atomic mass is 15.1. The third-order valence-electron chi connectivity index (χ3n) is 3.42. The van der Waals surface area contributed by atoms with Gasteiger partial charge in [0.2, 0.25) is 0 Å². The minimum absolute atomic E-state index is 0.608. The first-order chi connectivity index (χ1) is 9.72. The lowest BCUT2D eigenvalue weighted by atomic mass is 10.0. The van der Waals surface area contributed by atoms with Crippen LogP contribution in [0.3, 0.4) is 0 Å². The first-order valence-electron chi connectivity index (χ1n) is 6.66. The maximum atomic E-state index is 5.83. The number of rotatable bonds is 3. The topological polar surface area (TPSA) is 54.7 Å². The van der Waals surface area contributed by atoms with E-state index in [-0.39, 0.29) is 0 Å². The monoisotopic (exact) mass is 263 g/mol. The van der Waals surface area contributed by atoms with Crippen LogP contribution < -0.4 is 5.73 Å². The van der Waals surface area contributed by atoms with Crippen molar-refractivity contribution in [3.8, 4) is 11.1 Å². The van der Waals surface area contributed by atoms with Gasteiger partial charge in [-0.2, -0.15) is 5.10 Å². The molecule has 0 aliphatic rings. The zero-order valence-corrected chi connectivity index (χ0v) is 11.4. The highest BCUT2D eigenvalue weighted by Gasteiger charge is 2.04. The van der Waals surface area contributed by atoms with E-state index in [1.165, 1.54) is 16.7 Å². The highest BCUT2D eigenvalue weighted by Crippen LogP contribution is 2.24. The third-order valence-corrected chi connectivity index (χ3v) is 3.42. The molecule has 3 nitrogen and oxygen atoms in total. The lowest BCUT2D eigenvalue weighted by Crippen LogP contribution is -1.90. The molecule has 3 rings (SSSR count). The van der Waals surface area contributed by atoms with E-state index in [1.807, 2.05) is 0 Å². The van der Waals surface area contributed by atoms with Crippen LogP contribution in [0.1, 0.15) is 16.7 Å². The molecular weight excluding hydrogens is 246 g/mol. The first-order valence-corrected chi connectivity index (χ1v) is 6.66. The number of hydrogen-bond donors (Lipinski definition) is 2. The van der Waals surface area contributed by atoms with Crippen molar-refractivity contribution in [1.82, 2.24) is 10.2 Å². The summed E-state index contributed by atoms with van der Waals surface area (Å²) < 4.78 is 0. The second-order valence-electron chi connectivity index (χ2n) is 5.06. The Kier molecular flexibility index (Phi) is 3.25. The predicted octanol–water partition coefficient (Wildman–Crippen LogP) is 3.56. The fourth-order valence-corrected chi connectivity index (χ4v) is 2.39. The fraction of sp³-hybridized carbons (Fsp3) is 0.118. The van der Waals surface area contributed by atoms with E-state index in [4.69, 9.17) is 5.73 Å². The average Bonchev–Trinajstić information content (AvgIpc) is 2.86. The maximum absolute atomic E-state index is 5.83. The van der Waals surface area contributed by atoms with Crippen molar-refractivity contribution in [3.63, 3.8) is 0 Å². The summed E-state index contributed by atoms with van der Waals surface area (Å²) in [6.45, 7) is 2.12. The van der Waals surface area contributed by atoms with E-state index < -0.39 is 0 Å². The van der Waals surface area contributed by atoms with Crippen molar-refractivity contribution >= 4 is 5.82 Å². The fourth-order valence-electron chi connectivity index (χ4n) is 2.39. The molecule has 0 saturated heterocycles. The minimum atomic E-state index is 0.608. The van der Waals surface area contributed by atoms with Crippen molar-refractivity contribution < 1.29 is 0 Å². The van der Waals surface area contributed by atoms with Gasteiger partial charge in [0.15, 0.2) is 0 Å². The molecule has 1 heterocycles. The number of hydrogen-bond acceptors (Lipinski definition) is 2. The number of aromatic nitrogens is 2. The Morgan fingerprint density at radius 3 is 2.50 bits per heavy atom. The number of aromatic amines is 1. The molecule has 0 saturated carbocycles. The lowest BCUT2D eigenvalue weighted by molar-refractivity contribution is 1.10. The van der Waals surface area contributed by atoms with Crippen molar-refractivity contribution in [2.45, 2.75) is 13.3 Å². The summed E-state index contributed by atoms with van der Waals surface area (Å²) in [4.78, 5) is 0. The Balaban J connectivity index is 1.82. The van der Waals surface area contributed by atoms with Gasteiger partial charge in [-0.05, 0) is 30.0 Å². The summed E-state index contributed by atoms with van der Waals surface area (Å²) in [5.74, 6) is 0.608. The second kappa shape index (κ2) is 5.21. The molecule has 3 aromatic rings. The number of nitrogens with one attached hydrogen (secondary N) is 1. The molecule has 0 spiro atoms. The molecule has 3 heteroatoms. The van der Waals surface area contributed by atoms with Gasteiger partial charge in [-0.15, -0.1) is 0 Å². The van der Waals surface area contributed by atoms with Crippen LogP contribution in [-0.4, -0.2) is 10.2 Å². The molecule has 0 amide bonds. The van der Waals surface area contributed by atoms with Crippen LogP contribution in [0.25, 0.3) is 11.1 Å². The van der Waals surface area contributed by atoms with Crippen LogP contribution in [0, 0.1) is 6.92 Å². The van der Waals surface area contributed by atoms with Gasteiger partial charge in [0.1, 0.15) is 5.82 Å². The summed E-state index contributed by atoms with van der Waals surface area (Å²) in [7, 11) is 0. The predicted molar refractivity (Wildman–Crippen MR) is 82.4 cm³/mol. The minimum Gasteiger partial charge on any atom is -0.384 e. The van der Waals surface area contributed by atoms with Gasteiger partial charge in [0, 0.05) is 5.56 Å². The van der Waals surface area contributed by atoms with Crippen molar-refractivity contribution in [3.05, 3.63) is 71.4 Å². The van der Waals surface area contributed by atoms with Crippen molar-refractivity contribution in [2.24, 2.45) is 0 Å². The van der Waals surface area contributed by atoms with Gasteiger partial charge >= 0.3 is 0 Å². The molecule has 0 atom stereocenters. The van der Waals surface area contributed by atoms with Gasteiger partial charge in [-0.3, -0.25) is 5.10 Å². The molecule has 0 aliphatic carbocycles. The Morgan fingerprint density at radius 1 is 1.05 bits per heavy atom. The number of H-pyrrole nitrogens is 1. The standard InChI is InChI=1S/C17H17N3/c1-12-3-2-4-14(9-12)10-13-5-7-15(8-6-13)16-11-19-20-17(16)18/h2-9,11H,10H2,1H3,(H3,18,19,20). The molecule has 0 radical (unpaired) electrons. The Labute approximate surface area is 118 Å². The Hall–Kier alpha value is -2.55. The van der Waals surface area contributed by atoms with E-state index in [0.717, 1.165) is 17.5 Å². The van der Waals surface area contributed by atoms with Crippen LogP contribution in [0.15, 0.2) is 54.7 Å². The van der Waals surface area contributed by atoms with E-state index >= 15 is 0 Å². The number of aryl methyl sites for hydroxylation is 1. The van der Waals surface area contributed by atoms with Crippen molar-refractivity contribution in [1.29, 1.82) is 0 Å². The molecule has 0 fully saturated rings. The van der Waals surface area contributed by atoms with E-state index in [0.29, 0.717) is 5.82 Å². The quantitative estimate of drug-likeness (QED) is 0.759. The average molecular weight is 263 g/mol. The normalized spacial score (nSPS) is 10.7. The number of nitrogens with two attached hydrogens (primary N) is 1. The first kappa shape index (κ1) is 12.5. The molecule has 0 aliphatic heterocycles. The van der Waals surface area contributed by atoms with Crippen LogP contribution >= 0.6 is 0 Å². The summed E-state index contributed by atoms with van der Waals surface area (Å²) >= 11 is 0. The van der Waals surface area contributed by atoms with Gasteiger partial charge in [0.25, 0.3) is 0 Å². The molecule has 20 heavy (non-hydrogen) atoms. The SMILES string of the molecule is Cc1cccc(Cc2ccc(-c3cn[nH]c3N)cc2)c1. The lowest BCUT2D eigenvalue weighted by Gasteiger charge is -2.05. The number of nitrogens with zero attached hydrogens (tertiary/aromatic N) is 1. The van der Waals surface area contributed by atoms with Gasteiger partial charge in [-0.25, -0.2) is 0 Å². The molecule has 2 aromatic carbocycles. The summed E-state index contributed by atoms with van der Waals surface area (Å²) in [6.07, 6.45) is 2.70.